The minimum atomic E-state index is -1.33. The third-order valence-corrected chi connectivity index (χ3v) is 4.97. The molecule has 0 spiro atoms. The highest BCUT2D eigenvalue weighted by atomic mass is 16.3. The first kappa shape index (κ1) is 19.4. The van der Waals surface area contributed by atoms with Crippen LogP contribution >= 0.6 is 0 Å². The maximum atomic E-state index is 13.1. The molecule has 7 nitrogen and oxygen atoms in total. The Morgan fingerprint density at radius 2 is 2.00 bits per heavy atom. The van der Waals surface area contributed by atoms with Crippen molar-refractivity contribution in [3.05, 3.63) is 76.3 Å². The zero-order chi connectivity index (χ0) is 21.3. The van der Waals surface area contributed by atoms with Crippen LogP contribution in [0.4, 0.5) is 5.82 Å². The summed E-state index contributed by atoms with van der Waals surface area (Å²) in [6.45, 7) is 4.07. The summed E-state index contributed by atoms with van der Waals surface area (Å²) in [4.78, 5) is 24.7. The van der Waals surface area contributed by atoms with E-state index >= 15 is 0 Å². The van der Waals surface area contributed by atoms with Gasteiger partial charge in [-0.3, -0.25) is 4.79 Å². The number of H-pyrrole nitrogens is 1. The van der Waals surface area contributed by atoms with Crippen molar-refractivity contribution in [1.29, 1.82) is 0 Å². The van der Waals surface area contributed by atoms with E-state index in [1.54, 1.807) is 36.0 Å². The zero-order valence-corrected chi connectivity index (χ0v) is 16.7. The molecular weight excluding hydrogens is 378 g/mol. The lowest BCUT2D eigenvalue weighted by atomic mass is 9.97. The van der Waals surface area contributed by atoms with Crippen LogP contribution in [0, 0.1) is 11.8 Å². The molecule has 0 aliphatic carbocycles. The molecule has 3 aromatic heterocycles. The molecule has 4 rings (SSSR count). The number of aromatic nitrogens is 4. The molecule has 0 radical (unpaired) electrons. The van der Waals surface area contributed by atoms with E-state index in [0.29, 0.717) is 46.0 Å². The Morgan fingerprint density at radius 1 is 1.23 bits per heavy atom. The Bertz CT molecular complexity index is 1330. The van der Waals surface area contributed by atoms with Crippen molar-refractivity contribution in [2.24, 2.45) is 0 Å². The molecular formula is C23H21N5O2. The Balaban J connectivity index is 1.85. The van der Waals surface area contributed by atoms with Gasteiger partial charge in [0.2, 0.25) is 5.43 Å². The van der Waals surface area contributed by atoms with Crippen LogP contribution in [0.15, 0.2) is 59.7 Å². The van der Waals surface area contributed by atoms with Gasteiger partial charge >= 0.3 is 0 Å². The maximum Gasteiger partial charge on any atom is 0.204 e. The number of benzene rings is 1. The summed E-state index contributed by atoms with van der Waals surface area (Å²) in [5.41, 5.74) is 6.63. The van der Waals surface area contributed by atoms with E-state index in [1.807, 2.05) is 37.3 Å². The SMILES string of the molecule is CCn1c(N)c(-c2ncc[nH]2)c(=O)c2ccc(C#CC(C)(O)c3ccccc3)nc21. The largest absolute Gasteiger partial charge is 0.384 e. The third-order valence-electron chi connectivity index (χ3n) is 4.97. The van der Waals surface area contributed by atoms with Gasteiger partial charge in [-0.15, -0.1) is 0 Å². The van der Waals surface area contributed by atoms with Crippen molar-refractivity contribution in [2.75, 3.05) is 5.73 Å². The van der Waals surface area contributed by atoms with Crippen molar-refractivity contribution in [1.82, 2.24) is 19.5 Å². The Morgan fingerprint density at radius 3 is 2.67 bits per heavy atom. The van der Waals surface area contributed by atoms with E-state index in [2.05, 4.69) is 26.8 Å². The number of hydrogen-bond acceptors (Lipinski definition) is 5. The number of rotatable bonds is 3. The van der Waals surface area contributed by atoms with Gasteiger partial charge in [0.05, 0.1) is 5.39 Å². The predicted octanol–water partition coefficient (Wildman–Crippen LogP) is 2.65. The van der Waals surface area contributed by atoms with Crippen LogP contribution in [0.3, 0.4) is 0 Å². The van der Waals surface area contributed by atoms with Gasteiger partial charge in [-0.25, -0.2) is 9.97 Å². The number of aliphatic hydroxyl groups is 1. The van der Waals surface area contributed by atoms with Crippen molar-refractivity contribution < 1.29 is 5.11 Å². The molecule has 0 aliphatic heterocycles. The lowest BCUT2D eigenvalue weighted by Crippen LogP contribution is -2.19. The minimum absolute atomic E-state index is 0.245. The molecule has 0 bridgehead atoms. The lowest BCUT2D eigenvalue weighted by Gasteiger charge is -2.16. The monoisotopic (exact) mass is 399 g/mol. The number of imidazole rings is 1. The Labute approximate surface area is 173 Å². The number of aryl methyl sites for hydroxylation is 1. The molecule has 4 N–H and O–H groups in total. The van der Waals surface area contributed by atoms with Gasteiger partial charge in [-0.2, -0.15) is 0 Å². The van der Waals surface area contributed by atoms with Crippen LogP contribution in [0.2, 0.25) is 0 Å². The van der Waals surface area contributed by atoms with Crippen LogP contribution in [0.5, 0.6) is 0 Å². The second-order valence-corrected chi connectivity index (χ2v) is 7.03. The van der Waals surface area contributed by atoms with Crippen LogP contribution < -0.4 is 11.2 Å². The predicted molar refractivity (Wildman–Crippen MR) is 117 cm³/mol. The summed E-state index contributed by atoms with van der Waals surface area (Å²) in [5.74, 6) is 6.50. The number of nitrogen functional groups attached to an aromatic ring is 1. The molecule has 30 heavy (non-hydrogen) atoms. The second kappa shape index (κ2) is 7.50. The molecule has 0 amide bonds. The van der Waals surface area contributed by atoms with E-state index in [1.165, 1.54) is 0 Å². The number of aromatic amines is 1. The second-order valence-electron chi connectivity index (χ2n) is 7.03. The van der Waals surface area contributed by atoms with Crippen molar-refractivity contribution in [2.45, 2.75) is 26.0 Å². The molecule has 0 saturated heterocycles. The molecule has 0 aliphatic rings. The smallest absolute Gasteiger partial charge is 0.204 e. The van der Waals surface area contributed by atoms with E-state index in [9.17, 15) is 9.90 Å². The summed E-state index contributed by atoms with van der Waals surface area (Å²) in [6.07, 6.45) is 3.22. The highest BCUT2D eigenvalue weighted by Gasteiger charge is 2.20. The maximum absolute atomic E-state index is 13.1. The van der Waals surface area contributed by atoms with Gasteiger partial charge in [-0.1, -0.05) is 36.3 Å². The quantitative estimate of drug-likeness (QED) is 0.459. The van der Waals surface area contributed by atoms with Gasteiger partial charge in [-0.05, 0) is 37.5 Å². The van der Waals surface area contributed by atoms with Gasteiger partial charge in [0, 0.05) is 18.9 Å². The molecule has 1 unspecified atom stereocenters. The van der Waals surface area contributed by atoms with Crippen LogP contribution in [0.1, 0.15) is 25.1 Å². The third kappa shape index (κ3) is 3.34. The summed E-state index contributed by atoms with van der Waals surface area (Å²) in [6, 6.07) is 12.5. The summed E-state index contributed by atoms with van der Waals surface area (Å²) in [7, 11) is 0. The van der Waals surface area contributed by atoms with Crippen LogP contribution in [-0.2, 0) is 12.1 Å². The Kier molecular flexibility index (Phi) is 4.86. The molecule has 0 saturated carbocycles. The summed E-state index contributed by atoms with van der Waals surface area (Å²) in [5, 5.41) is 11.1. The lowest BCUT2D eigenvalue weighted by molar-refractivity contribution is 0.122. The van der Waals surface area contributed by atoms with Gasteiger partial charge < -0.3 is 20.4 Å². The number of nitrogens with two attached hydrogens (primary N) is 1. The minimum Gasteiger partial charge on any atom is -0.384 e. The first-order valence-corrected chi connectivity index (χ1v) is 9.56. The number of anilines is 1. The standard InChI is InChI=1S/C23H21N5O2/c1-3-28-20(24)18(21-25-13-14-26-21)19(29)17-10-9-16(27-22(17)28)11-12-23(2,30)15-7-5-4-6-8-15/h4-10,13-14,30H,3,24H2,1-2H3,(H,25,26). The fourth-order valence-electron chi connectivity index (χ4n) is 3.37. The molecule has 150 valence electrons. The molecule has 0 fully saturated rings. The van der Waals surface area contributed by atoms with Crippen molar-refractivity contribution in [3.63, 3.8) is 0 Å². The number of hydrogen-bond donors (Lipinski definition) is 3. The summed E-state index contributed by atoms with van der Waals surface area (Å²) >= 11 is 0. The number of nitrogens with zero attached hydrogens (tertiary/aromatic N) is 3. The first-order valence-electron chi connectivity index (χ1n) is 9.56. The zero-order valence-electron chi connectivity index (χ0n) is 16.7. The van der Waals surface area contributed by atoms with Gasteiger partial charge in [0.15, 0.2) is 0 Å². The van der Waals surface area contributed by atoms with Crippen molar-refractivity contribution >= 4 is 16.9 Å². The number of fused-ring (bicyclic) bond motifs is 1. The highest BCUT2D eigenvalue weighted by molar-refractivity contribution is 5.86. The normalized spacial score (nSPS) is 12.9. The molecule has 7 heteroatoms. The van der Waals surface area contributed by atoms with Gasteiger partial charge in [0.25, 0.3) is 0 Å². The van der Waals surface area contributed by atoms with Gasteiger partial charge in [0.1, 0.15) is 34.1 Å². The molecule has 1 aromatic carbocycles. The van der Waals surface area contributed by atoms with Crippen molar-refractivity contribution in [3.8, 4) is 23.2 Å². The van der Waals surface area contributed by atoms with E-state index in [-0.39, 0.29) is 5.43 Å². The number of pyridine rings is 2. The highest BCUT2D eigenvalue weighted by Crippen LogP contribution is 2.24. The molecule has 4 aromatic rings. The number of nitrogens with one attached hydrogen (secondary N) is 1. The van der Waals surface area contributed by atoms with E-state index in [4.69, 9.17) is 5.73 Å². The fraction of sp³-hybridized carbons (Fsp3) is 0.174. The topological polar surface area (TPSA) is 110 Å². The fourth-order valence-corrected chi connectivity index (χ4v) is 3.37. The van der Waals surface area contributed by atoms with E-state index < -0.39 is 5.60 Å². The Hall–Kier alpha value is -3.89. The molecule has 3 heterocycles. The first-order chi connectivity index (χ1) is 14.4. The molecule has 1 atom stereocenters. The van der Waals surface area contributed by atoms with E-state index in [0.717, 1.165) is 0 Å². The van der Waals surface area contributed by atoms with Crippen LogP contribution in [-0.4, -0.2) is 24.6 Å². The summed E-state index contributed by atoms with van der Waals surface area (Å²) < 4.78 is 1.76. The van der Waals surface area contributed by atoms with Crippen LogP contribution in [0.25, 0.3) is 22.4 Å². The average molecular weight is 399 g/mol. The average Bonchev–Trinajstić information content (AvgIpc) is 3.27.